The Morgan fingerprint density at radius 1 is 1.17 bits per heavy atom. The van der Waals surface area contributed by atoms with E-state index in [9.17, 15) is 9.90 Å². The molecule has 0 radical (unpaired) electrons. The van der Waals surface area contributed by atoms with Gasteiger partial charge < -0.3 is 5.11 Å². The molecule has 0 aromatic heterocycles. The molecule has 29 heavy (non-hydrogen) atoms. The maximum atomic E-state index is 12.8. The second kappa shape index (κ2) is 7.82. The molecular formula is C27H34O2. The fraction of sp³-hybridized carbons (Fsp3) is 0.444. The van der Waals surface area contributed by atoms with E-state index in [1.165, 1.54) is 11.1 Å². The first-order valence-corrected chi connectivity index (χ1v) is 10.7. The Hall–Kier alpha value is -2.35. The first kappa shape index (κ1) is 21.4. The summed E-state index contributed by atoms with van der Waals surface area (Å²) in [5.41, 5.74) is 3.40. The van der Waals surface area contributed by atoms with Gasteiger partial charge in [0.05, 0.1) is 5.41 Å². The second-order valence-corrected chi connectivity index (χ2v) is 9.20. The van der Waals surface area contributed by atoms with E-state index in [2.05, 4.69) is 77.1 Å². The second-order valence-electron chi connectivity index (χ2n) is 9.20. The lowest BCUT2D eigenvalue weighted by Crippen LogP contribution is -2.54. The van der Waals surface area contributed by atoms with E-state index in [4.69, 9.17) is 0 Å². The third-order valence-electron chi connectivity index (χ3n) is 7.39. The lowest BCUT2D eigenvalue weighted by atomic mass is 9.49. The van der Waals surface area contributed by atoms with Crippen LogP contribution >= 0.6 is 0 Å². The first-order chi connectivity index (χ1) is 13.7. The van der Waals surface area contributed by atoms with E-state index >= 15 is 0 Å². The van der Waals surface area contributed by atoms with Crippen LogP contribution in [0.15, 0.2) is 71.4 Å². The van der Waals surface area contributed by atoms with Crippen LogP contribution in [-0.4, -0.2) is 11.1 Å². The van der Waals surface area contributed by atoms with E-state index in [0.29, 0.717) is 5.92 Å². The highest BCUT2D eigenvalue weighted by molar-refractivity contribution is 5.79. The van der Waals surface area contributed by atoms with E-state index in [1.54, 1.807) is 0 Å². The third kappa shape index (κ3) is 3.43. The molecule has 2 aliphatic rings. The van der Waals surface area contributed by atoms with Crippen molar-refractivity contribution in [2.45, 2.75) is 48.0 Å². The quantitative estimate of drug-likeness (QED) is 0.437. The molecule has 1 N–H and O–H groups in total. The van der Waals surface area contributed by atoms with Gasteiger partial charge in [-0.2, -0.15) is 0 Å². The van der Waals surface area contributed by atoms with Gasteiger partial charge in [0.15, 0.2) is 0 Å². The smallest absolute Gasteiger partial charge is 0.311 e. The molecule has 154 valence electrons. The summed E-state index contributed by atoms with van der Waals surface area (Å²) in [4.78, 5) is 12.8. The lowest BCUT2D eigenvalue weighted by Gasteiger charge is -2.53. The van der Waals surface area contributed by atoms with E-state index in [1.807, 2.05) is 25.1 Å². The van der Waals surface area contributed by atoms with Gasteiger partial charge in [-0.05, 0) is 51.5 Å². The molecule has 0 saturated heterocycles. The van der Waals surface area contributed by atoms with Gasteiger partial charge in [0.25, 0.3) is 0 Å². The minimum Gasteiger partial charge on any atom is -0.481 e. The number of allylic oxidation sites excluding steroid dienone is 7. The van der Waals surface area contributed by atoms with Crippen LogP contribution in [0.2, 0.25) is 0 Å². The Bertz CT molecular complexity index is 902. The maximum Gasteiger partial charge on any atom is 0.311 e. The van der Waals surface area contributed by atoms with Crippen LogP contribution in [0.25, 0.3) is 6.08 Å². The number of fused-ring (bicyclic) bond motifs is 1. The van der Waals surface area contributed by atoms with Crippen LogP contribution in [0.1, 0.15) is 53.5 Å². The Kier molecular flexibility index (Phi) is 5.76. The third-order valence-corrected chi connectivity index (χ3v) is 7.39. The monoisotopic (exact) mass is 390 g/mol. The summed E-state index contributed by atoms with van der Waals surface area (Å²) in [7, 11) is 0. The van der Waals surface area contributed by atoms with Crippen molar-refractivity contribution < 1.29 is 9.90 Å². The predicted octanol–water partition coefficient (Wildman–Crippen LogP) is 6.92. The molecule has 1 aromatic rings. The van der Waals surface area contributed by atoms with Gasteiger partial charge in [0, 0.05) is 11.3 Å². The van der Waals surface area contributed by atoms with Crippen LogP contribution in [0, 0.1) is 28.6 Å². The molecule has 2 heteroatoms. The van der Waals surface area contributed by atoms with Crippen molar-refractivity contribution in [1.29, 1.82) is 0 Å². The summed E-state index contributed by atoms with van der Waals surface area (Å²) in [6, 6.07) is 10.2. The molecule has 0 bridgehead atoms. The Labute approximate surface area is 175 Å². The van der Waals surface area contributed by atoms with Crippen molar-refractivity contribution in [1.82, 2.24) is 0 Å². The molecule has 0 spiro atoms. The number of aliphatic carboxylic acids is 1. The van der Waals surface area contributed by atoms with E-state index < -0.39 is 16.8 Å². The molecule has 2 aliphatic carbocycles. The van der Waals surface area contributed by atoms with Gasteiger partial charge >= 0.3 is 5.97 Å². The van der Waals surface area contributed by atoms with Gasteiger partial charge in [0.2, 0.25) is 0 Å². The zero-order valence-electron chi connectivity index (χ0n) is 18.6. The number of rotatable bonds is 5. The molecule has 0 amide bonds. The van der Waals surface area contributed by atoms with Crippen LogP contribution in [-0.2, 0) is 4.79 Å². The highest BCUT2D eigenvalue weighted by Crippen LogP contribution is 2.63. The zero-order valence-corrected chi connectivity index (χ0v) is 18.6. The van der Waals surface area contributed by atoms with Crippen LogP contribution < -0.4 is 0 Å². The molecule has 2 nitrogen and oxygen atoms in total. The average molecular weight is 391 g/mol. The summed E-state index contributed by atoms with van der Waals surface area (Å²) in [6.45, 7) is 12.7. The molecule has 5 atom stereocenters. The van der Waals surface area contributed by atoms with Gasteiger partial charge in [0.1, 0.15) is 0 Å². The Morgan fingerprint density at radius 3 is 2.41 bits per heavy atom. The van der Waals surface area contributed by atoms with Crippen molar-refractivity contribution in [3.05, 3.63) is 76.9 Å². The highest BCUT2D eigenvalue weighted by atomic mass is 16.4. The first-order valence-electron chi connectivity index (χ1n) is 10.7. The van der Waals surface area contributed by atoms with Crippen LogP contribution in [0.3, 0.4) is 0 Å². The predicted molar refractivity (Wildman–Crippen MR) is 121 cm³/mol. The minimum absolute atomic E-state index is 0.0297. The molecule has 0 fully saturated rings. The summed E-state index contributed by atoms with van der Waals surface area (Å²) in [6.07, 6.45) is 11.7. The fourth-order valence-electron chi connectivity index (χ4n) is 5.98. The molecular weight excluding hydrogens is 356 g/mol. The van der Waals surface area contributed by atoms with Gasteiger partial charge in [-0.3, -0.25) is 4.79 Å². The molecule has 1 aromatic carbocycles. The van der Waals surface area contributed by atoms with Crippen LogP contribution in [0.4, 0.5) is 0 Å². The largest absolute Gasteiger partial charge is 0.481 e. The summed E-state index contributed by atoms with van der Waals surface area (Å²) < 4.78 is 0. The summed E-state index contributed by atoms with van der Waals surface area (Å²) in [5, 5.41) is 10.5. The number of benzene rings is 1. The molecule has 0 saturated carbocycles. The van der Waals surface area contributed by atoms with Gasteiger partial charge in [-0.1, -0.05) is 91.3 Å². The van der Waals surface area contributed by atoms with E-state index in [-0.39, 0.29) is 11.8 Å². The normalized spacial score (nSPS) is 34.7. The number of hydrogen-bond donors (Lipinski definition) is 1. The van der Waals surface area contributed by atoms with Gasteiger partial charge in [-0.25, -0.2) is 0 Å². The summed E-state index contributed by atoms with van der Waals surface area (Å²) >= 11 is 0. The number of carboxylic acid groups (broad SMARTS) is 1. The maximum absolute atomic E-state index is 12.8. The Balaban J connectivity index is 2.12. The number of hydrogen-bond acceptors (Lipinski definition) is 1. The van der Waals surface area contributed by atoms with Crippen molar-refractivity contribution in [2.24, 2.45) is 28.6 Å². The zero-order chi connectivity index (χ0) is 21.4. The molecule has 3 rings (SSSR count). The minimum atomic E-state index is -0.876. The standard InChI is InChI=1S/C27H34O2/c1-7-27(16-18(2)13-14-22-11-9-8-10-12-22)17-21(5)23-19(3)15-20(4)24(23)26(27,6)25(28)29/h8-17,19,23-24H,7H2,1-6H3,(H,28,29). The topological polar surface area (TPSA) is 37.3 Å². The van der Waals surface area contributed by atoms with Crippen molar-refractivity contribution >= 4 is 12.0 Å². The SMILES string of the molecule is CCC1(C=C(C)C=Cc2ccccc2)C=C(C)C2C(C)C=C(C)C2C1(C)C(=O)O. The highest BCUT2D eigenvalue weighted by Gasteiger charge is 2.61. The molecule has 0 aliphatic heterocycles. The van der Waals surface area contributed by atoms with Gasteiger partial charge in [-0.15, -0.1) is 0 Å². The molecule has 5 unspecified atom stereocenters. The number of carboxylic acids is 1. The van der Waals surface area contributed by atoms with Crippen molar-refractivity contribution in [2.75, 3.05) is 0 Å². The summed E-state index contributed by atoms with van der Waals surface area (Å²) in [5.74, 6) is -0.00434. The molecule has 0 heterocycles. The number of carbonyl (C=O) groups is 1. The van der Waals surface area contributed by atoms with Crippen molar-refractivity contribution in [3.63, 3.8) is 0 Å². The lowest BCUT2D eigenvalue weighted by molar-refractivity contribution is -0.159. The van der Waals surface area contributed by atoms with Crippen molar-refractivity contribution in [3.8, 4) is 0 Å². The van der Waals surface area contributed by atoms with Crippen LogP contribution in [0.5, 0.6) is 0 Å². The fourth-order valence-corrected chi connectivity index (χ4v) is 5.98. The van der Waals surface area contributed by atoms with E-state index in [0.717, 1.165) is 17.6 Å². The Morgan fingerprint density at radius 2 is 1.83 bits per heavy atom. The average Bonchev–Trinajstić information content (AvgIpc) is 2.99.